The average molecular weight is 340 g/mol. The summed E-state index contributed by atoms with van der Waals surface area (Å²) in [6.45, 7) is 0. The second-order valence-corrected chi connectivity index (χ2v) is 5.41. The summed E-state index contributed by atoms with van der Waals surface area (Å²) in [5.41, 5.74) is 3.00. The lowest BCUT2D eigenvalue weighted by molar-refractivity contribution is -0.384. The van der Waals surface area contributed by atoms with Crippen LogP contribution in [0.2, 0.25) is 0 Å². The van der Waals surface area contributed by atoms with E-state index in [1.54, 1.807) is 5.51 Å². The quantitative estimate of drug-likeness (QED) is 0.509. The number of hydrogen-bond donors (Lipinski definition) is 0. The van der Waals surface area contributed by atoms with Crippen molar-refractivity contribution >= 4 is 27.2 Å². The highest BCUT2D eigenvalue weighted by molar-refractivity contribution is 7.16. The first-order chi connectivity index (χ1) is 10.8. The zero-order valence-corrected chi connectivity index (χ0v) is 12.0. The summed E-state index contributed by atoms with van der Waals surface area (Å²) in [5.74, 6) is -0.360. The molecule has 0 saturated carbocycles. The maximum absolute atomic E-state index is 12.2. The van der Waals surface area contributed by atoms with E-state index in [4.69, 9.17) is 0 Å². The Hall–Kier alpha value is -2.68. The van der Waals surface area contributed by atoms with Crippen LogP contribution in [-0.4, -0.2) is 16.3 Å². The SMILES string of the molecule is O=[N+]([O-])c1cc(-c2ccc(OC(F)(F)F)cc2)c2ncsc2c1. The van der Waals surface area contributed by atoms with E-state index in [-0.39, 0.29) is 11.4 Å². The number of thiazole rings is 1. The standard InChI is InChI=1S/C14H7F3N2O3S/c15-14(16,17)22-10-3-1-8(2-4-10)11-5-9(19(20)21)6-12-13(11)18-7-23-12/h1-7H. The highest BCUT2D eigenvalue weighted by Crippen LogP contribution is 2.35. The molecule has 1 heterocycles. The van der Waals surface area contributed by atoms with Crippen LogP contribution in [0.5, 0.6) is 5.75 Å². The molecular formula is C14H7F3N2O3S. The van der Waals surface area contributed by atoms with Gasteiger partial charge >= 0.3 is 6.36 Å². The molecule has 0 aliphatic carbocycles. The third-order valence-corrected chi connectivity index (χ3v) is 3.81. The molecule has 0 spiro atoms. The van der Waals surface area contributed by atoms with Gasteiger partial charge in [0.15, 0.2) is 0 Å². The minimum absolute atomic E-state index is 0.104. The Morgan fingerprint density at radius 3 is 2.48 bits per heavy atom. The monoisotopic (exact) mass is 340 g/mol. The molecule has 3 rings (SSSR count). The van der Waals surface area contributed by atoms with Gasteiger partial charge in [-0.05, 0) is 17.7 Å². The van der Waals surface area contributed by atoms with Gasteiger partial charge in [-0.1, -0.05) is 12.1 Å². The van der Waals surface area contributed by atoms with Crippen LogP contribution in [0.25, 0.3) is 21.3 Å². The first-order valence-electron chi connectivity index (χ1n) is 6.21. The lowest BCUT2D eigenvalue weighted by Crippen LogP contribution is -2.16. The molecule has 0 N–H and O–H groups in total. The zero-order valence-electron chi connectivity index (χ0n) is 11.2. The lowest BCUT2D eigenvalue weighted by atomic mass is 10.0. The molecule has 0 aliphatic heterocycles. The Bertz CT molecular complexity index is 875. The summed E-state index contributed by atoms with van der Waals surface area (Å²) < 4.78 is 40.9. The molecule has 0 unspecified atom stereocenters. The number of aromatic nitrogens is 1. The molecule has 0 radical (unpaired) electrons. The second kappa shape index (κ2) is 5.51. The van der Waals surface area contributed by atoms with Crippen LogP contribution in [0.4, 0.5) is 18.9 Å². The van der Waals surface area contributed by atoms with Gasteiger partial charge in [0.05, 0.1) is 20.7 Å². The molecule has 0 aliphatic rings. The first-order valence-corrected chi connectivity index (χ1v) is 7.09. The molecule has 5 nitrogen and oxygen atoms in total. The van der Waals surface area contributed by atoms with Crippen LogP contribution >= 0.6 is 11.3 Å². The predicted octanol–water partition coefficient (Wildman–Crippen LogP) is 4.77. The molecule has 9 heteroatoms. The fourth-order valence-electron chi connectivity index (χ4n) is 2.11. The lowest BCUT2D eigenvalue weighted by Gasteiger charge is -2.09. The van der Waals surface area contributed by atoms with Gasteiger partial charge in [-0.25, -0.2) is 4.98 Å². The van der Waals surface area contributed by atoms with Crippen molar-refractivity contribution in [2.24, 2.45) is 0 Å². The van der Waals surface area contributed by atoms with Crippen molar-refractivity contribution in [2.75, 3.05) is 0 Å². The number of benzene rings is 2. The van der Waals surface area contributed by atoms with Crippen molar-refractivity contribution < 1.29 is 22.8 Å². The number of non-ortho nitro benzene ring substituents is 1. The van der Waals surface area contributed by atoms with Crippen LogP contribution in [0.1, 0.15) is 0 Å². The number of alkyl halides is 3. The maximum Gasteiger partial charge on any atom is 0.573 e. The van der Waals surface area contributed by atoms with E-state index < -0.39 is 11.3 Å². The zero-order chi connectivity index (χ0) is 16.6. The van der Waals surface area contributed by atoms with Gasteiger partial charge in [-0.3, -0.25) is 10.1 Å². The summed E-state index contributed by atoms with van der Waals surface area (Å²) >= 11 is 1.25. The summed E-state index contributed by atoms with van der Waals surface area (Å²) in [6.07, 6.45) is -4.77. The molecule has 0 fully saturated rings. The highest BCUT2D eigenvalue weighted by Gasteiger charge is 2.31. The Balaban J connectivity index is 2.06. The number of fused-ring (bicyclic) bond motifs is 1. The van der Waals surface area contributed by atoms with Crippen LogP contribution in [0.3, 0.4) is 0 Å². The molecule has 0 atom stereocenters. The fraction of sp³-hybridized carbons (Fsp3) is 0.0714. The summed E-state index contributed by atoms with van der Waals surface area (Å²) in [5, 5.41) is 11.0. The fourth-order valence-corrected chi connectivity index (χ4v) is 2.85. The molecular weight excluding hydrogens is 333 g/mol. The van der Waals surface area contributed by atoms with E-state index in [0.717, 1.165) is 12.1 Å². The molecule has 0 bridgehead atoms. The Morgan fingerprint density at radius 1 is 1.17 bits per heavy atom. The second-order valence-electron chi connectivity index (χ2n) is 4.52. The number of halogens is 3. The Labute approximate surface area is 131 Å². The minimum Gasteiger partial charge on any atom is -0.406 e. The predicted molar refractivity (Wildman–Crippen MR) is 78.4 cm³/mol. The number of nitrogens with zero attached hydrogens (tertiary/aromatic N) is 2. The third-order valence-electron chi connectivity index (χ3n) is 3.03. The minimum atomic E-state index is -4.77. The van der Waals surface area contributed by atoms with Crippen molar-refractivity contribution in [3.63, 3.8) is 0 Å². The number of hydrogen-bond acceptors (Lipinski definition) is 5. The van der Waals surface area contributed by atoms with Crippen LogP contribution in [0.15, 0.2) is 41.9 Å². The topological polar surface area (TPSA) is 65.3 Å². The molecule has 0 amide bonds. The molecule has 23 heavy (non-hydrogen) atoms. The van der Waals surface area contributed by atoms with Gasteiger partial charge < -0.3 is 4.74 Å². The van der Waals surface area contributed by atoms with Gasteiger partial charge in [0.2, 0.25) is 0 Å². The third kappa shape index (κ3) is 3.24. The van der Waals surface area contributed by atoms with Crippen molar-refractivity contribution in [1.82, 2.24) is 4.98 Å². The van der Waals surface area contributed by atoms with Gasteiger partial charge in [0.25, 0.3) is 5.69 Å². The van der Waals surface area contributed by atoms with E-state index in [2.05, 4.69) is 9.72 Å². The first kappa shape index (κ1) is 15.2. The largest absolute Gasteiger partial charge is 0.573 e. The Kier molecular flexibility index (Phi) is 3.64. The number of ether oxygens (including phenoxy) is 1. The van der Waals surface area contributed by atoms with Gasteiger partial charge in [0.1, 0.15) is 5.75 Å². The number of nitro groups is 1. The van der Waals surface area contributed by atoms with Crippen LogP contribution < -0.4 is 4.74 Å². The number of nitro benzene ring substituents is 1. The van der Waals surface area contributed by atoms with Crippen LogP contribution in [0, 0.1) is 10.1 Å². The van der Waals surface area contributed by atoms with Crippen molar-refractivity contribution in [3.05, 3.63) is 52.0 Å². The van der Waals surface area contributed by atoms with E-state index >= 15 is 0 Å². The number of rotatable bonds is 3. The molecule has 2 aromatic carbocycles. The van der Waals surface area contributed by atoms with E-state index in [1.165, 1.54) is 35.6 Å². The Morgan fingerprint density at radius 2 is 1.87 bits per heavy atom. The molecule has 1 aromatic heterocycles. The maximum atomic E-state index is 12.2. The van der Waals surface area contributed by atoms with Crippen molar-refractivity contribution in [3.8, 4) is 16.9 Å². The van der Waals surface area contributed by atoms with Gasteiger partial charge in [0, 0.05) is 17.7 Å². The average Bonchev–Trinajstić information content (AvgIpc) is 2.93. The van der Waals surface area contributed by atoms with Gasteiger partial charge in [-0.15, -0.1) is 24.5 Å². The molecule has 118 valence electrons. The van der Waals surface area contributed by atoms with E-state index in [0.29, 0.717) is 21.3 Å². The van der Waals surface area contributed by atoms with E-state index in [9.17, 15) is 23.3 Å². The summed E-state index contributed by atoms with van der Waals surface area (Å²) in [6, 6.07) is 7.87. The summed E-state index contributed by atoms with van der Waals surface area (Å²) in [4.78, 5) is 14.6. The van der Waals surface area contributed by atoms with Crippen molar-refractivity contribution in [2.45, 2.75) is 6.36 Å². The normalized spacial score (nSPS) is 11.6. The molecule has 3 aromatic rings. The van der Waals surface area contributed by atoms with Gasteiger partial charge in [-0.2, -0.15) is 0 Å². The highest BCUT2D eigenvalue weighted by atomic mass is 32.1. The summed E-state index contributed by atoms with van der Waals surface area (Å²) in [7, 11) is 0. The van der Waals surface area contributed by atoms with Crippen molar-refractivity contribution in [1.29, 1.82) is 0 Å². The van der Waals surface area contributed by atoms with E-state index in [1.807, 2.05) is 0 Å². The van der Waals surface area contributed by atoms with Crippen LogP contribution in [-0.2, 0) is 0 Å². The molecule has 0 saturated heterocycles. The smallest absolute Gasteiger partial charge is 0.406 e.